The third-order valence-corrected chi connectivity index (χ3v) is 5.33. The Hall–Kier alpha value is -2.60. The molecule has 3 aromatic rings. The molecule has 2 aromatic heterocycles. The number of aromatic nitrogens is 2. The molecule has 0 radical (unpaired) electrons. The van der Waals surface area contributed by atoms with E-state index in [1.165, 1.54) is 7.11 Å². The molecular formula is C20H22N2O3S. The van der Waals surface area contributed by atoms with Crippen LogP contribution in [0.1, 0.15) is 17.8 Å². The van der Waals surface area contributed by atoms with E-state index in [9.17, 15) is 4.79 Å². The van der Waals surface area contributed by atoms with Gasteiger partial charge in [-0.2, -0.15) is 0 Å². The molecule has 2 heterocycles. The highest BCUT2D eigenvalue weighted by molar-refractivity contribution is 7.13. The van der Waals surface area contributed by atoms with E-state index in [4.69, 9.17) is 14.5 Å². The van der Waals surface area contributed by atoms with Crippen molar-refractivity contribution in [3.05, 3.63) is 47.1 Å². The van der Waals surface area contributed by atoms with Gasteiger partial charge in [-0.15, -0.1) is 11.3 Å². The summed E-state index contributed by atoms with van der Waals surface area (Å²) < 4.78 is 12.2. The number of aryl methyl sites for hydroxylation is 1. The molecule has 1 aromatic carbocycles. The lowest BCUT2D eigenvalue weighted by Gasteiger charge is -2.08. The predicted octanol–water partition coefficient (Wildman–Crippen LogP) is 4.47. The second kappa shape index (κ2) is 7.74. The number of thiazole rings is 1. The number of hydrogen-bond acceptors (Lipinski definition) is 5. The summed E-state index contributed by atoms with van der Waals surface area (Å²) in [6.07, 6.45) is 0.360. The molecule has 0 aliphatic carbocycles. The molecule has 136 valence electrons. The number of methoxy groups -OCH3 is 2. The van der Waals surface area contributed by atoms with Crippen LogP contribution in [0.4, 0.5) is 0 Å². The molecule has 0 saturated heterocycles. The van der Waals surface area contributed by atoms with Gasteiger partial charge in [-0.05, 0) is 32.0 Å². The topological polar surface area (TPSA) is 53.4 Å². The number of carbonyl (C=O) groups excluding carboxylic acids is 1. The molecule has 0 fully saturated rings. The molecule has 0 amide bonds. The Balaban J connectivity index is 1.88. The molecule has 5 nitrogen and oxygen atoms in total. The smallest absolute Gasteiger partial charge is 0.307 e. The molecule has 0 atom stereocenters. The minimum Gasteiger partial charge on any atom is -0.497 e. The van der Waals surface area contributed by atoms with Gasteiger partial charge in [-0.1, -0.05) is 12.1 Å². The van der Waals surface area contributed by atoms with Crippen LogP contribution in [0.2, 0.25) is 0 Å². The largest absolute Gasteiger partial charge is 0.497 e. The van der Waals surface area contributed by atoms with Gasteiger partial charge in [0.1, 0.15) is 10.8 Å². The second-order valence-corrected chi connectivity index (χ2v) is 6.89. The number of esters is 1. The standard InChI is InChI=1S/C20H22N2O3S/c1-13-10-17(14(2)22(13)9-8-19(23)25-4)18-12-26-20(21-18)15-6-5-7-16(11-15)24-3/h5-7,10-12H,8-9H2,1-4H3. The van der Waals surface area contributed by atoms with Gasteiger partial charge in [0, 0.05) is 34.4 Å². The summed E-state index contributed by atoms with van der Waals surface area (Å²) in [6.45, 7) is 4.71. The summed E-state index contributed by atoms with van der Waals surface area (Å²) in [7, 11) is 3.08. The highest BCUT2D eigenvalue weighted by Crippen LogP contribution is 2.33. The van der Waals surface area contributed by atoms with Gasteiger partial charge in [0.25, 0.3) is 0 Å². The van der Waals surface area contributed by atoms with Crippen LogP contribution < -0.4 is 4.74 Å². The number of hydrogen-bond donors (Lipinski definition) is 0. The van der Waals surface area contributed by atoms with Crippen LogP contribution in [0.3, 0.4) is 0 Å². The first-order valence-electron chi connectivity index (χ1n) is 8.37. The SMILES string of the molecule is COC(=O)CCn1c(C)cc(-c2csc(-c3cccc(OC)c3)n2)c1C. The van der Waals surface area contributed by atoms with Crippen molar-refractivity contribution in [2.24, 2.45) is 0 Å². The lowest BCUT2D eigenvalue weighted by Crippen LogP contribution is -2.09. The Labute approximate surface area is 157 Å². The van der Waals surface area contributed by atoms with E-state index in [1.807, 2.05) is 31.2 Å². The molecular weight excluding hydrogens is 348 g/mol. The van der Waals surface area contributed by atoms with Crippen molar-refractivity contribution in [2.45, 2.75) is 26.8 Å². The Morgan fingerprint density at radius 2 is 2.04 bits per heavy atom. The zero-order valence-electron chi connectivity index (χ0n) is 15.4. The van der Waals surface area contributed by atoms with Crippen molar-refractivity contribution in [2.75, 3.05) is 14.2 Å². The molecule has 6 heteroatoms. The van der Waals surface area contributed by atoms with Crippen molar-refractivity contribution in [1.29, 1.82) is 0 Å². The Morgan fingerprint density at radius 1 is 1.23 bits per heavy atom. The minimum absolute atomic E-state index is 0.201. The Kier molecular flexibility index (Phi) is 5.42. The molecule has 0 N–H and O–H groups in total. The third kappa shape index (κ3) is 3.65. The quantitative estimate of drug-likeness (QED) is 0.601. The highest BCUT2D eigenvalue weighted by atomic mass is 32.1. The minimum atomic E-state index is -0.201. The van der Waals surface area contributed by atoms with Gasteiger partial charge in [0.2, 0.25) is 0 Å². The van der Waals surface area contributed by atoms with E-state index in [0.717, 1.165) is 39.0 Å². The third-order valence-electron chi connectivity index (χ3n) is 4.44. The van der Waals surface area contributed by atoms with Crippen molar-refractivity contribution in [1.82, 2.24) is 9.55 Å². The van der Waals surface area contributed by atoms with E-state index in [-0.39, 0.29) is 5.97 Å². The first-order chi connectivity index (χ1) is 12.5. The summed E-state index contributed by atoms with van der Waals surface area (Å²) in [5.74, 6) is 0.619. The highest BCUT2D eigenvalue weighted by Gasteiger charge is 2.15. The molecule has 0 spiro atoms. The first-order valence-corrected chi connectivity index (χ1v) is 9.25. The lowest BCUT2D eigenvalue weighted by molar-refractivity contribution is -0.140. The van der Waals surface area contributed by atoms with Crippen molar-refractivity contribution < 1.29 is 14.3 Å². The van der Waals surface area contributed by atoms with E-state index >= 15 is 0 Å². The summed E-state index contributed by atoms with van der Waals surface area (Å²) >= 11 is 1.61. The average Bonchev–Trinajstić information content (AvgIpc) is 3.25. The van der Waals surface area contributed by atoms with Gasteiger partial charge in [0.05, 0.1) is 26.3 Å². The van der Waals surface area contributed by atoms with Crippen molar-refractivity contribution >= 4 is 17.3 Å². The van der Waals surface area contributed by atoms with Crippen LogP contribution in [-0.4, -0.2) is 29.7 Å². The Bertz CT molecular complexity index is 927. The van der Waals surface area contributed by atoms with E-state index in [2.05, 4.69) is 22.9 Å². The van der Waals surface area contributed by atoms with Gasteiger partial charge in [0.15, 0.2) is 0 Å². The molecule has 26 heavy (non-hydrogen) atoms. The normalized spacial score (nSPS) is 10.8. The number of rotatable bonds is 6. The summed E-state index contributed by atoms with van der Waals surface area (Å²) in [5, 5.41) is 3.03. The van der Waals surface area contributed by atoms with E-state index in [1.54, 1.807) is 18.4 Å². The summed E-state index contributed by atoms with van der Waals surface area (Å²) in [4.78, 5) is 16.3. The van der Waals surface area contributed by atoms with Crippen LogP contribution in [0, 0.1) is 13.8 Å². The number of ether oxygens (including phenoxy) is 2. The fourth-order valence-corrected chi connectivity index (χ4v) is 3.81. The van der Waals surface area contributed by atoms with Crippen LogP contribution in [0.5, 0.6) is 5.75 Å². The molecule has 0 aliphatic rings. The van der Waals surface area contributed by atoms with E-state index < -0.39 is 0 Å². The maximum Gasteiger partial charge on any atom is 0.307 e. The Morgan fingerprint density at radius 3 is 2.77 bits per heavy atom. The van der Waals surface area contributed by atoms with Gasteiger partial charge >= 0.3 is 5.97 Å². The van der Waals surface area contributed by atoms with Crippen molar-refractivity contribution in [3.63, 3.8) is 0 Å². The maximum atomic E-state index is 11.4. The first kappa shape index (κ1) is 18.2. The number of nitrogens with zero attached hydrogens (tertiary/aromatic N) is 2. The lowest BCUT2D eigenvalue weighted by atomic mass is 10.2. The predicted molar refractivity (Wildman–Crippen MR) is 104 cm³/mol. The van der Waals surface area contributed by atoms with Crippen molar-refractivity contribution in [3.8, 4) is 27.6 Å². The van der Waals surface area contributed by atoms with Crippen LogP contribution in [0.15, 0.2) is 35.7 Å². The zero-order valence-corrected chi connectivity index (χ0v) is 16.2. The van der Waals surface area contributed by atoms with Crippen LogP contribution in [0.25, 0.3) is 21.8 Å². The van der Waals surface area contributed by atoms with Crippen LogP contribution >= 0.6 is 11.3 Å². The number of benzene rings is 1. The summed E-state index contributed by atoms with van der Waals surface area (Å²) in [5.41, 5.74) is 5.30. The maximum absolute atomic E-state index is 11.4. The van der Waals surface area contributed by atoms with Gasteiger partial charge in [-0.25, -0.2) is 4.98 Å². The van der Waals surface area contributed by atoms with E-state index in [0.29, 0.717) is 13.0 Å². The number of carbonyl (C=O) groups is 1. The second-order valence-electron chi connectivity index (χ2n) is 6.03. The molecule has 0 bridgehead atoms. The average molecular weight is 370 g/mol. The molecule has 0 unspecified atom stereocenters. The summed E-state index contributed by atoms with van der Waals surface area (Å²) in [6, 6.07) is 10.0. The monoisotopic (exact) mass is 370 g/mol. The molecule has 0 saturated carbocycles. The van der Waals surface area contributed by atoms with Gasteiger partial charge < -0.3 is 14.0 Å². The zero-order chi connectivity index (χ0) is 18.7. The fraction of sp³-hybridized carbons (Fsp3) is 0.300. The fourth-order valence-electron chi connectivity index (χ4n) is 3.00. The molecule has 0 aliphatic heterocycles. The van der Waals surface area contributed by atoms with Gasteiger partial charge in [-0.3, -0.25) is 4.79 Å². The van der Waals surface area contributed by atoms with Crippen LogP contribution in [-0.2, 0) is 16.1 Å². The molecule has 3 rings (SSSR count).